The number of thiazole rings is 1. The zero-order chi connectivity index (χ0) is 26.9. The molecule has 0 saturated heterocycles. The highest BCUT2D eigenvalue weighted by molar-refractivity contribution is 7.14. The summed E-state index contributed by atoms with van der Waals surface area (Å²) in [4.78, 5) is 31.2. The number of nitrogens with zero attached hydrogens (tertiary/aromatic N) is 1. The van der Waals surface area contributed by atoms with Gasteiger partial charge in [0.2, 0.25) is 0 Å². The highest BCUT2D eigenvalue weighted by atomic mass is 32.1. The number of aromatic nitrogens is 1. The summed E-state index contributed by atoms with van der Waals surface area (Å²) in [7, 11) is 2.69. The standard InChI is InChI=1S/C29H33N3O4S/c1-16-13-17(2)22(18(3)14-16)21-15-37-28(30-21)31-25-23(26(33)35-6)19(4)32-29(5,24(25)27(34)36-7)20-11-9-8-10-12-20/h8-15,24-25,32H,1-7H3,(H,30,31). The molecular formula is C29H33N3O4S. The second-order valence-corrected chi connectivity index (χ2v) is 10.5. The number of hydrogen-bond acceptors (Lipinski definition) is 8. The number of benzene rings is 2. The minimum atomic E-state index is -0.863. The van der Waals surface area contributed by atoms with E-state index in [2.05, 4.69) is 43.5 Å². The number of aryl methyl sites for hydroxylation is 3. The largest absolute Gasteiger partial charge is 0.469 e. The molecule has 3 atom stereocenters. The van der Waals surface area contributed by atoms with E-state index in [9.17, 15) is 9.59 Å². The summed E-state index contributed by atoms with van der Waals surface area (Å²) in [6.07, 6.45) is 0. The highest BCUT2D eigenvalue weighted by Gasteiger charge is 2.52. The van der Waals surface area contributed by atoms with Crippen molar-refractivity contribution in [3.63, 3.8) is 0 Å². The van der Waals surface area contributed by atoms with Gasteiger partial charge in [-0.3, -0.25) is 4.79 Å². The summed E-state index contributed by atoms with van der Waals surface area (Å²) in [6.45, 7) is 10.0. The number of hydrogen-bond donors (Lipinski definition) is 2. The van der Waals surface area contributed by atoms with Gasteiger partial charge in [-0.05, 0) is 51.3 Å². The molecule has 0 fully saturated rings. The van der Waals surface area contributed by atoms with E-state index >= 15 is 0 Å². The molecule has 37 heavy (non-hydrogen) atoms. The maximum atomic E-state index is 13.4. The molecule has 0 spiro atoms. The molecule has 3 unspecified atom stereocenters. The number of ether oxygens (including phenoxy) is 2. The minimum absolute atomic E-state index is 0.339. The third-order valence-electron chi connectivity index (χ3n) is 7.07. The molecule has 2 heterocycles. The SMILES string of the molecule is COC(=O)C1=C(C)NC(C)(c2ccccc2)C(C(=O)OC)C1Nc1nc(-c2c(C)cc(C)cc2C)cs1. The van der Waals surface area contributed by atoms with E-state index in [-0.39, 0.29) is 0 Å². The molecular weight excluding hydrogens is 486 g/mol. The van der Waals surface area contributed by atoms with E-state index in [1.807, 2.05) is 49.6 Å². The Balaban J connectivity index is 1.83. The maximum Gasteiger partial charge on any atom is 0.337 e. The second-order valence-electron chi connectivity index (χ2n) is 9.66. The van der Waals surface area contributed by atoms with Crippen LogP contribution >= 0.6 is 11.3 Å². The molecule has 1 aromatic heterocycles. The van der Waals surface area contributed by atoms with Crippen molar-refractivity contribution < 1.29 is 19.1 Å². The smallest absolute Gasteiger partial charge is 0.337 e. The van der Waals surface area contributed by atoms with Crippen LogP contribution in [0.4, 0.5) is 5.13 Å². The predicted molar refractivity (Wildman–Crippen MR) is 146 cm³/mol. The first-order chi connectivity index (χ1) is 17.6. The predicted octanol–water partition coefficient (Wildman–Crippen LogP) is 5.27. The van der Waals surface area contributed by atoms with Crippen LogP contribution in [-0.2, 0) is 24.6 Å². The van der Waals surface area contributed by atoms with Crippen LogP contribution < -0.4 is 10.6 Å². The van der Waals surface area contributed by atoms with E-state index in [1.54, 1.807) is 0 Å². The van der Waals surface area contributed by atoms with Crippen LogP contribution in [0.25, 0.3) is 11.3 Å². The molecule has 0 radical (unpaired) electrons. The molecule has 3 aromatic rings. The van der Waals surface area contributed by atoms with E-state index in [0.29, 0.717) is 16.4 Å². The van der Waals surface area contributed by atoms with Crippen LogP contribution in [-0.4, -0.2) is 37.2 Å². The normalized spacial score (nSPS) is 21.3. The Morgan fingerprint density at radius 1 is 1.03 bits per heavy atom. The van der Waals surface area contributed by atoms with Crippen LogP contribution in [0.2, 0.25) is 0 Å². The van der Waals surface area contributed by atoms with Gasteiger partial charge in [-0.25, -0.2) is 9.78 Å². The lowest BCUT2D eigenvalue weighted by Crippen LogP contribution is -2.60. The molecule has 4 rings (SSSR count). The van der Waals surface area contributed by atoms with Gasteiger partial charge in [0.05, 0.1) is 37.1 Å². The van der Waals surface area contributed by atoms with Gasteiger partial charge >= 0.3 is 11.9 Å². The quantitative estimate of drug-likeness (QED) is 0.429. The number of methoxy groups -OCH3 is 2. The van der Waals surface area contributed by atoms with Crippen LogP contribution in [0.3, 0.4) is 0 Å². The number of allylic oxidation sites excluding steroid dienone is 1. The van der Waals surface area contributed by atoms with Crippen molar-refractivity contribution in [1.82, 2.24) is 10.3 Å². The Morgan fingerprint density at radius 2 is 1.68 bits per heavy atom. The van der Waals surface area contributed by atoms with Gasteiger partial charge in [-0.2, -0.15) is 0 Å². The fraction of sp³-hybridized carbons (Fsp3) is 0.345. The van der Waals surface area contributed by atoms with E-state index in [1.165, 1.54) is 31.1 Å². The number of anilines is 1. The van der Waals surface area contributed by atoms with Gasteiger partial charge in [-0.15, -0.1) is 11.3 Å². The van der Waals surface area contributed by atoms with Crippen molar-refractivity contribution >= 4 is 28.4 Å². The lowest BCUT2D eigenvalue weighted by Gasteiger charge is -2.46. The van der Waals surface area contributed by atoms with E-state index < -0.39 is 29.4 Å². The monoisotopic (exact) mass is 519 g/mol. The Morgan fingerprint density at radius 3 is 2.27 bits per heavy atom. The van der Waals surface area contributed by atoms with E-state index in [0.717, 1.165) is 27.9 Å². The molecule has 1 aliphatic heterocycles. The molecule has 0 bridgehead atoms. The number of rotatable bonds is 6. The highest BCUT2D eigenvalue weighted by Crippen LogP contribution is 2.42. The molecule has 2 N–H and O–H groups in total. The van der Waals surface area contributed by atoms with Crippen molar-refractivity contribution in [1.29, 1.82) is 0 Å². The topological polar surface area (TPSA) is 89.5 Å². The molecule has 0 aliphatic carbocycles. The molecule has 8 heteroatoms. The summed E-state index contributed by atoms with van der Waals surface area (Å²) in [5.41, 5.74) is 6.41. The number of nitrogens with one attached hydrogen (secondary N) is 2. The molecule has 1 aliphatic rings. The summed E-state index contributed by atoms with van der Waals surface area (Å²) in [6, 6.07) is 13.2. The Bertz CT molecular complexity index is 1340. The van der Waals surface area contributed by atoms with Crippen molar-refractivity contribution in [2.24, 2.45) is 5.92 Å². The Labute approximate surface area is 221 Å². The summed E-state index contributed by atoms with van der Waals surface area (Å²) >= 11 is 1.43. The zero-order valence-corrected chi connectivity index (χ0v) is 23.1. The van der Waals surface area contributed by atoms with Gasteiger partial charge in [0.25, 0.3) is 0 Å². The van der Waals surface area contributed by atoms with Crippen LogP contribution in [0.15, 0.2) is 59.1 Å². The molecule has 7 nitrogen and oxygen atoms in total. The third kappa shape index (κ3) is 4.85. The first-order valence-electron chi connectivity index (χ1n) is 12.1. The van der Waals surface area contributed by atoms with Gasteiger partial charge in [0, 0.05) is 16.6 Å². The lowest BCUT2D eigenvalue weighted by molar-refractivity contribution is -0.149. The number of carbonyl (C=O) groups is 2. The lowest BCUT2D eigenvalue weighted by atomic mass is 9.70. The molecule has 0 amide bonds. The second kappa shape index (κ2) is 10.4. The molecule has 194 valence electrons. The average Bonchev–Trinajstić information content (AvgIpc) is 3.31. The summed E-state index contributed by atoms with van der Waals surface area (Å²) in [5.74, 6) is -1.77. The number of carbonyl (C=O) groups excluding carboxylic acids is 2. The molecule has 2 aromatic carbocycles. The Kier molecular flexibility index (Phi) is 7.41. The van der Waals surface area contributed by atoms with Crippen molar-refractivity contribution in [2.45, 2.75) is 46.2 Å². The third-order valence-corrected chi connectivity index (χ3v) is 7.84. The van der Waals surface area contributed by atoms with Crippen molar-refractivity contribution in [3.8, 4) is 11.3 Å². The summed E-state index contributed by atoms with van der Waals surface area (Å²) in [5, 5.41) is 9.43. The van der Waals surface area contributed by atoms with Gasteiger partial charge in [0.1, 0.15) is 5.92 Å². The van der Waals surface area contributed by atoms with Gasteiger partial charge < -0.3 is 20.1 Å². The van der Waals surface area contributed by atoms with Gasteiger partial charge in [-0.1, -0.05) is 48.0 Å². The van der Waals surface area contributed by atoms with Crippen LogP contribution in [0, 0.1) is 26.7 Å². The first kappa shape index (κ1) is 26.4. The fourth-order valence-corrected chi connectivity index (χ4v) is 6.26. The first-order valence-corrected chi connectivity index (χ1v) is 13.0. The minimum Gasteiger partial charge on any atom is -0.469 e. The van der Waals surface area contributed by atoms with E-state index in [4.69, 9.17) is 14.5 Å². The summed E-state index contributed by atoms with van der Waals surface area (Å²) < 4.78 is 10.4. The van der Waals surface area contributed by atoms with Crippen LogP contribution in [0.1, 0.15) is 36.1 Å². The fourth-order valence-electron chi connectivity index (χ4n) is 5.52. The zero-order valence-electron chi connectivity index (χ0n) is 22.3. The number of esters is 2. The Hall–Kier alpha value is -3.65. The van der Waals surface area contributed by atoms with Crippen LogP contribution in [0.5, 0.6) is 0 Å². The van der Waals surface area contributed by atoms with Crippen molar-refractivity contribution in [3.05, 3.63) is 81.4 Å². The van der Waals surface area contributed by atoms with Gasteiger partial charge in [0.15, 0.2) is 5.13 Å². The maximum absolute atomic E-state index is 13.4. The molecule has 0 saturated carbocycles. The van der Waals surface area contributed by atoms with Crippen molar-refractivity contribution in [2.75, 3.05) is 19.5 Å². The average molecular weight is 520 g/mol.